The molecule has 4 nitrogen and oxygen atoms in total. The lowest BCUT2D eigenvalue weighted by Gasteiger charge is -2.28. The summed E-state index contributed by atoms with van der Waals surface area (Å²) < 4.78 is 26.4. The highest BCUT2D eigenvalue weighted by molar-refractivity contribution is 7.89. The van der Waals surface area contributed by atoms with Crippen molar-refractivity contribution in [2.75, 3.05) is 0 Å². The van der Waals surface area contributed by atoms with E-state index in [9.17, 15) is 8.42 Å². The summed E-state index contributed by atoms with van der Waals surface area (Å²) in [5.74, 6) is 0. The first kappa shape index (κ1) is 13.4. The number of nitrogens with one attached hydrogen (secondary N) is 1. The topological polar surface area (TPSA) is 59.1 Å². The van der Waals surface area contributed by atoms with Gasteiger partial charge in [0.05, 0.1) is 0 Å². The number of nitrogens with zero attached hydrogens (tertiary/aromatic N) is 1. The molecule has 0 spiro atoms. The van der Waals surface area contributed by atoms with Gasteiger partial charge in [-0.1, -0.05) is 0 Å². The zero-order valence-electron chi connectivity index (χ0n) is 9.44. The summed E-state index contributed by atoms with van der Waals surface area (Å²) in [5.41, 5.74) is -0.712. The molecule has 0 aliphatic heterocycles. The minimum absolute atomic E-state index is 0.139. The minimum Gasteiger partial charge on any atom is -0.263 e. The van der Waals surface area contributed by atoms with Crippen molar-refractivity contribution in [3.63, 3.8) is 0 Å². The number of aromatic nitrogens is 1. The summed E-state index contributed by atoms with van der Waals surface area (Å²) in [5, 5.41) is -0.320. The molecule has 6 heteroatoms. The highest BCUT2D eigenvalue weighted by Gasteiger charge is 2.30. The number of sulfonamides is 1. The van der Waals surface area contributed by atoms with Crippen LogP contribution in [0, 0.1) is 0 Å². The van der Waals surface area contributed by atoms with Crippen LogP contribution in [0.25, 0.3) is 0 Å². The van der Waals surface area contributed by atoms with Crippen LogP contribution in [-0.2, 0) is 10.0 Å². The van der Waals surface area contributed by atoms with E-state index >= 15 is 0 Å². The van der Waals surface area contributed by atoms with Gasteiger partial charge in [0, 0.05) is 23.3 Å². The van der Waals surface area contributed by atoms with Gasteiger partial charge in [-0.25, -0.2) is 13.1 Å². The maximum Gasteiger partial charge on any atom is 0.242 e. The number of pyridine rings is 1. The third-order valence-electron chi connectivity index (χ3n) is 2.34. The van der Waals surface area contributed by atoms with E-state index in [0.29, 0.717) is 0 Å². The van der Waals surface area contributed by atoms with Gasteiger partial charge in [-0.3, -0.25) is 4.98 Å². The van der Waals surface area contributed by atoms with Crippen molar-refractivity contribution in [1.29, 1.82) is 0 Å². The SMILES string of the molecule is CC(Cl)C(C)(C)NS(=O)(=O)c1cccnc1. The normalized spacial score (nSPS) is 14.8. The third kappa shape index (κ3) is 3.17. The number of alkyl halides is 1. The molecule has 1 atom stereocenters. The molecule has 0 bridgehead atoms. The Morgan fingerprint density at radius 3 is 2.56 bits per heavy atom. The Hall–Kier alpha value is -0.650. The highest BCUT2D eigenvalue weighted by atomic mass is 35.5. The third-order valence-corrected chi connectivity index (χ3v) is 4.54. The molecule has 0 aliphatic carbocycles. The van der Waals surface area contributed by atoms with Crippen LogP contribution in [0.15, 0.2) is 29.4 Å². The molecule has 0 saturated carbocycles. The molecule has 1 aromatic rings. The van der Waals surface area contributed by atoms with E-state index in [0.717, 1.165) is 0 Å². The molecule has 1 aromatic heterocycles. The quantitative estimate of drug-likeness (QED) is 0.842. The van der Waals surface area contributed by atoms with E-state index in [1.807, 2.05) is 0 Å². The summed E-state index contributed by atoms with van der Waals surface area (Å²) in [6.45, 7) is 5.21. The van der Waals surface area contributed by atoms with Gasteiger partial charge in [-0.2, -0.15) is 0 Å². The predicted octanol–water partition coefficient (Wildman–Crippen LogP) is 1.77. The van der Waals surface area contributed by atoms with E-state index in [1.165, 1.54) is 18.5 Å². The standard InChI is InChI=1S/C10H15ClN2O2S/c1-8(11)10(2,3)13-16(14,15)9-5-4-6-12-7-9/h4-8,13H,1-3H3. The lowest BCUT2D eigenvalue weighted by molar-refractivity contribution is 0.445. The van der Waals surface area contributed by atoms with Crippen molar-refractivity contribution < 1.29 is 8.42 Å². The monoisotopic (exact) mass is 262 g/mol. The molecule has 0 radical (unpaired) electrons. The van der Waals surface area contributed by atoms with Gasteiger partial charge in [-0.05, 0) is 32.9 Å². The Balaban J connectivity index is 2.98. The maximum atomic E-state index is 11.9. The zero-order valence-corrected chi connectivity index (χ0v) is 11.0. The highest BCUT2D eigenvalue weighted by Crippen LogP contribution is 2.18. The average Bonchev–Trinajstić information content (AvgIpc) is 2.17. The van der Waals surface area contributed by atoms with Crippen LogP contribution in [0.4, 0.5) is 0 Å². The van der Waals surface area contributed by atoms with Crippen LogP contribution >= 0.6 is 11.6 Å². The summed E-state index contributed by atoms with van der Waals surface area (Å²) in [6.07, 6.45) is 2.83. The first-order valence-corrected chi connectivity index (χ1v) is 6.76. The number of hydrogen-bond acceptors (Lipinski definition) is 3. The van der Waals surface area contributed by atoms with Crippen molar-refractivity contribution in [3.05, 3.63) is 24.5 Å². The van der Waals surface area contributed by atoms with Crippen LogP contribution < -0.4 is 4.72 Å². The van der Waals surface area contributed by atoms with Crippen LogP contribution in [0.3, 0.4) is 0 Å². The van der Waals surface area contributed by atoms with E-state index in [4.69, 9.17) is 11.6 Å². The van der Waals surface area contributed by atoms with Gasteiger partial charge in [-0.15, -0.1) is 11.6 Å². The molecule has 0 saturated heterocycles. The summed E-state index contributed by atoms with van der Waals surface area (Å²) in [4.78, 5) is 3.91. The second-order valence-electron chi connectivity index (χ2n) is 4.13. The van der Waals surface area contributed by atoms with Gasteiger partial charge in [0.15, 0.2) is 0 Å². The fourth-order valence-corrected chi connectivity index (χ4v) is 2.56. The molecule has 0 aromatic carbocycles. The Morgan fingerprint density at radius 2 is 2.12 bits per heavy atom. The van der Waals surface area contributed by atoms with Gasteiger partial charge >= 0.3 is 0 Å². The number of halogens is 1. The molecule has 0 aliphatic rings. The Morgan fingerprint density at radius 1 is 1.50 bits per heavy atom. The Labute approximate surface area is 101 Å². The Kier molecular flexibility index (Phi) is 3.93. The minimum atomic E-state index is -3.56. The van der Waals surface area contributed by atoms with E-state index in [-0.39, 0.29) is 10.3 Å². The average molecular weight is 263 g/mol. The van der Waals surface area contributed by atoms with Crippen LogP contribution in [0.2, 0.25) is 0 Å². The molecular formula is C10H15ClN2O2S. The van der Waals surface area contributed by atoms with Crippen LogP contribution in [0.1, 0.15) is 20.8 Å². The first-order chi connectivity index (χ1) is 7.26. The van der Waals surface area contributed by atoms with E-state index in [1.54, 1.807) is 26.8 Å². The summed E-state index contributed by atoms with van der Waals surface area (Å²) in [6, 6.07) is 3.07. The van der Waals surface area contributed by atoms with Gasteiger partial charge in [0.2, 0.25) is 10.0 Å². The fourth-order valence-electron chi connectivity index (χ4n) is 0.992. The smallest absolute Gasteiger partial charge is 0.242 e. The first-order valence-electron chi connectivity index (χ1n) is 4.84. The fraction of sp³-hybridized carbons (Fsp3) is 0.500. The van der Waals surface area contributed by atoms with Crippen molar-refractivity contribution in [3.8, 4) is 0 Å². The van der Waals surface area contributed by atoms with Crippen LogP contribution in [0.5, 0.6) is 0 Å². The van der Waals surface area contributed by atoms with Crippen molar-refractivity contribution in [1.82, 2.24) is 9.71 Å². The molecule has 1 N–H and O–H groups in total. The van der Waals surface area contributed by atoms with Gasteiger partial charge in [0.1, 0.15) is 4.90 Å². The van der Waals surface area contributed by atoms with E-state index in [2.05, 4.69) is 9.71 Å². The molecule has 16 heavy (non-hydrogen) atoms. The molecule has 0 amide bonds. The molecule has 0 fully saturated rings. The molecule has 1 rings (SSSR count). The molecule has 1 heterocycles. The summed E-state index contributed by atoms with van der Waals surface area (Å²) in [7, 11) is -3.56. The second-order valence-corrected chi connectivity index (χ2v) is 6.47. The van der Waals surface area contributed by atoms with Gasteiger partial charge in [0.25, 0.3) is 0 Å². The summed E-state index contributed by atoms with van der Waals surface area (Å²) >= 11 is 5.92. The maximum absolute atomic E-state index is 11.9. The second kappa shape index (κ2) is 4.69. The van der Waals surface area contributed by atoms with Crippen LogP contribution in [-0.4, -0.2) is 24.3 Å². The van der Waals surface area contributed by atoms with Crippen molar-refractivity contribution in [2.24, 2.45) is 0 Å². The van der Waals surface area contributed by atoms with Gasteiger partial charge < -0.3 is 0 Å². The Bertz CT molecular complexity index is 443. The largest absolute Gasteiger partial charge is 0.263 e. The molecule has 1 unspecified atom stereocenters. The molecular weight excluding hydrogens is 248 g/mol. The van der Waals surface area contributed by atoms with Crippen molar-refractivity contribution in [2.45, 2.75) is 36.6 Å². The zero-order chi connectivity index (χ0) is 12.4. The number of rotatable bonds is 4. The lowest BCUT2D eigenvalue weighted by atomic mass is 10.0. The lowest BCUT2D eigenvalue weighted by Crippen LogP contribution is -2.48. The predicted molar refractivity (Wildman–Crippen MR) is 64.0 cm³/mol. The van der Waals surface area contributed by atoms with Crippen molar-refractivity contribution >= 4 is 21.6 Å². The number of hydrogen-bond donors (Lipinski definition) is 1. The van der Waals surface area contributed by atoms with E-state index < -0.39 is 15.6 Å². The molecule has 90 valence electrons.